The van der Waals surface area contributed by atoms with Gasteiger partial charge in [0.1, 0.15) is 5.82 Å². The molecule has 0 bridgehead atoms. The lowest BCUT2D eigenvalue weighted by Crippen LogP contribution is -2.11. The number of nitrogens with zero attached hydrogens (tertiary/aromatic N) is 1. The van der Waals surface area contributed by atoms with Crippen LogP contribution in [0.3, 0.4) is 0 Å². The fourth-order valence-corrected chi connectivity index (χ4v) is 2.50. The molecule has 0 atom stereocenters. The summed E-state index contributed by atoms with van der Waals surface area (Å²) in [6, 6.07) is 9.75. The van der Waals surface area contributed by atoms with E-state index in [9.17, 15) is 4.79 Å². The van der Waals surface area contributed by atoms with Crippen molar-refractivity contribution in [2.24, 2.45) is 0 Å². The lowest BCUT2D eigenvalue weighted by atomic mass is 10.0. The van der Waals surface area contributed by atoms with Crippen LogP contribution in [0.5, 0.6) is 0 Å². The number of aromatic nitrogens is 1. The van der Waals surface area contributed by atoms with Crippen molar-refractivity contribution in [1.29, 1.82) is 0 Å². The highest BCUT2D eigenvalue weighted by molar-refractivity contribution is 5.89. The number of hydrogen-bond acceptors (Lipinski definition) is 5. The van der Waals surface area contributed by atoms with Crippen LogP contribution >= 0.6 is 0 Å². The smallest absolute Gasteiger partial charge is 0.339 e. The van der Waals surface area contributed by atoms with Crippen molar-refractivity contribution in [3.8, 4) is 0 Å². The lowest BCUT2D eigenvalue weighted by Gasteiger charge is -2.19. The van der Waals surface area contributed by atoms with E-state index in [4.69, 9.17) is 4.74 Å². The monoisotopic (exact) mass is 297 g/mol. The third kappa shape index (κ3) is 3.19. The minimum absolute atomic E-state index is 0.346. The minimum Gasteiger partial charge on any atom is -0.462 e. The van der Waals surface area contributed by atoms with Crippen LogP contribution in [0.2, 0.25) is 0 Å². The third-order valence-corrected chi connectivity index (χ3v) is 3.59. The molecule has 5 heteroatoms. The summed E-state index contributed by atoms with van der Waals surface area (Å²) in [6.45, 7) is 3.19. The number of pyridine rings is 1. The molecule has 1 aromatic heterocycles. The Bertz CT molecular complexity index is 668. The molecule has 1 aliphatic rings. The zero-order valence-corrected chi connectivity index (χ0v) is 12.6. The second kappa shape index (κ2) is 6.47. The Kier molecular flexibility index (Phi) is 4.23. The first-order valence-electron chi connectivity index (χ1n) is 7.53. The van der Waals surface area contributed by atoms with Gasteiger partial charge < -0.3 is 15.4 Å². The van der Waals surface area contributed by atoms with Gasteiger partial charge in [0.2, 0.25) is 0 Å². The van der Waals surface area contributed by atoms with E-state index in [0.717, 1.165) is 25.1 Å². The van der Waals surface area contributed by atoms with Gasteiger partial charge in [-0.25, -0.2) is 9.78 Å². The predicted molar refractivity (Wildman–Crippen MR) is 86.7 cm³/mol. The summed E-state index contributed by atoms with van der Waals surface area (Å²) in [5.41, 5.74) is 3.99. The molecule has 22 heavy (non-hydrogen) atoms. The molecule has 114 valence electrons. The van der Waals surface area contributed by atoms with Crippen LogP contribution in [0, 0.1) is 0 Å². The lowest BCUT2D eigenvalue weighted by molar-refractivity contribution is 0.0526. The van der Waals surface area contributed by atoms with Gasteiger partial charge in [-0.05, 0) is 55.7 Å². The first kappa shape index (κ1) is 14.4. The summed E-state index contributed by atoms with van der Waals surface area (Å²) in [6.07, 6.45) is 3.77. The number of esters is 1. The van der Waals surface area contributed by atoms with Crippen LogP contribution in [0.15, 0.2) is 36.5 Å². The van der Waals surface area contributed by atoms with Crippen LogP contribution in [0.25, 0.3) is 0 Å². The number of carbonyl (C=O) groups is 1. The Morgan fingerprint density at radius 1 is 1.36 bits per heavy atom. The average molecular weight is 297 g/mol. The third-order valence-electron chi connectivity index (χ3n) is 3.59. The first-order chi connectivity index (χ1) is 10.8. The number of ether oxygens (including phenoxy) is 1. The van der Waals surface area contributed by atoms with Crippen molar-refractivity contribution in [2.75, 3.05) is 23.8 Å². The Morgan fingerprint density at radius 2 is 2.27 bits per heavy atom. The molecule has 1 aliphatic heterocycles. The van der Waals surface area contributed by atoms with Gasteiger partial charge in [-0.2, -0.15) is 0 Å². The fourth-order valence-electron chi connectivity index (χ4n) is 2.50. The van der Waals surface area contributed by atoms with E-state index >= 15 is 0 Å². The summed E-state index contributed by atoms with van der Waals surface area (Å²) in [5, 5.41) is 6.65. The highest BCUT2D eigenvalue weighted by Crippen LogP contribution is 2.26. The molecule has 0 fully saturated rings. The number of anilines is 3. The van der Waals surface area contributed by atoms with E-state index < -0.39 is 0 Å². The van der Waals surface area contributed by atoms with Gasteiger partial charge in [0.05, 0.1) is 12.2 Å². The van der Waals surface area contributed by atoms with Crippen molar-refractivity contribution >= 4 is 23.2 Å². The molecule has 0 amide bonds. The molecular formula is C17H19N3O2. The molecule has 0 saturated carbocycles. The normalized spacial score (nSPS) is 13.0. The first-order valence-corrected chi connectivity index (χ1v) is 7.53. The summed E-state index contributed by atoms with van der Waals surface area (Å²) in [7, 11) is 0. The molecule has 0 unspecified atom stereocenters. The SMILES string of the molecule is CCOC(=O)c1ccc(Nc2ccc3c(c2)CCCN3)nc1. The zero-order chi connectivity index (χ0) is 15.4. The largest absolute Gasteiger partial charge is 0.462 e. The van der Waals surface area contributed by atoms with Crippen LogP contribution in [-0.2, 0) is 11.2 Å². The second-order valence-electron chi connectivity index (χ2n) is 5.18. The molecule has 5 nitrogen and oxygen atoms in total. The van der Waals surface area contributed by atoms with Gasteiger partial charge in [-0.15, -0.1) is 0 Å². The molecule has 0 saturated heterocycles. The van der Waals surface area contributed by atoms with E-state index in [1.807, 2.05) is 6.07 Å². The quantitative estimate of drug-likeness (QED) is 0.847. The maximum absolute atomic E-state index is 11.6. The van der Waals surface area contributed by atoms with E-state index in [2.05, 4.69) is 27.8 Å². The van der Waals surface area contributed by atoms with Crippen LogP contribution in [0.1, 0.15) is 29.3 Å². The van der Waals surface area contributed by atoms with Gasteiger partial charge in [-0.1, -0.05) is 0 Å². The Labute approximate surface area is 129 Å². The Hall–Kier alpha value is -2.56. The number of carbonyl (C=O) groups excluding carboxylic acids is 1. The van der Waals surface area contributed by atoms with Gasteiger partial charge >= 0.3 is 5.97 Å². The molecule has 2 N–H and O–H groups in total. The second-order valence-corrected chi connectivity index (χ2v) is 5.18. The molecular weight excluding hydrogens is 278 g/mol. The highest BCUT2D eigenvalue weighted by Gasteiger charge is 2.10. The van der Waals surface area contributed by atoms with Crippen molar-refractivity contribution < 1.29 is 9.53 Å². The summed E-state index contributed by atoms with van der Waals surface area (Å²) in [5.74, 6) is 0.359. The molecule has 0 aliphatic carbocycles. The zero-order valence-electron chi connectivity index (χ0n) is 12.6. The minimum atomic E-state index is -0.346. The number of nitrogens with one attached hydrogen (secondary N) is 2. The number of aryl methyl sites for hydroxylation is 1. The maximum atomic E-state index is 11.6. The molecule has 3 rings (SSSR count). The maximum Gasteiger partial charge on any atom is 0.339 e. The van der Waals surface area contributed by atoms with Crippen molar-refractivity contribution in [3.05, 3.63) is 47.7 Å². The number of benzene rings is 1. The molecule has 0 spiro atoms. The molecule has 1 aromatic carbocycles. The van der Waals surface area contributed by atoms with E-state index in [-0.39, 0.29) is 5.97 Å². The van der Waals surface area contributed by atoms with Crippen LogP contribution in [0.4, 0.5) is 17.2 Å². The topological polar surface area (TPSA) is 63.2 Å². The fraction of sp³-hybridized carbons (Fsp3) is 0.294. The number of fused-ring (bicyclic) bond motifs is 1. The average Bonchev–Trinajstić information content (AvgIpc) is 2.56. The van der Waals surface area contributed by atoms with Crippen LogP contribution < -0.4 is 10.6 Å². The summed E-state index contributed by atoms with van der Waals surface area (Å²) < 4.78 is 4.94. The summed E-state index contributed by atoms with van der Waals surface area (Å²) >= 11 is 0. The van der Waals surface area contributed by atoms with Gasteiger partial charge in [0, 0.05) is 24.1 Å². The van der Waals surface area contributed by atoms with Crippen molar-refractivity contribution in [2.45, 2.75) is 19.8 Å². The van der Waals surface area contributed by atoms with Crippen molar-refractivity contribution in [3.63, 3.8) is 0 Å². The number of rotatable bonds is 4. The summed E-state index contributed by atoms with van der Waals surface area (Å²) in [4.78, 5) is 15.8. The van der Waals surface area contributed by atoms with E-state index in [1.54, 1.807) is 19.1 Å². The van der Waals surface area contributed by atoms with Gasteiger partial charge in [-0.3, -0.25) is 0 Å². The highest BCUT2D eigenvalue weighted by atomic mass is 16.5. The van der Waals surface area contributed by atoms with Gasteiger partial charge in [0.25, 0.3) is 0 Å². The standard InChI is InChI=1S/C17H19N3O2/c1-2-22-17(21)13-5-8-16(19-11-13)20-14-6-7-15-12(10-14)4-3-9-18-15/h5-8,10-11,18H,2-4,9H2,1H3,(H,19,20). The van der Waals surface area contributed by atoms with Crippen LogP contribution in [-0.4, -0.2) is 24.1 Å². The Balaban J connectivity index is 1.72. The molecule has 2 heterocycles. The van der Waals surface area contributed by atoms with Gasteiger partial charge in [0.15, 0.2) is 0 Å². The molecule has 2 aromatic rings. The van der Waals surface area contributed by atoms with E-state index in [0.29, 0.717) is 18.0 Å². The number of hydrogen-bond donors (Lipinski definition) is 2. The van der Waals surface area contributed by atoms with E-state index in [1.165, 1.54) is 17.4 Å². The molecule has 0 radical (unpaired) electrons. The Morgan fingerprint density at radius 3 is 3.05 bits per heavy atom. The van der Waals surface area contributed by atoms with Crippen molar-refractivity contribution in [1.82, 2.24) is 4.98 Å². The predicted octanol–water partition coefficient (Wildman–Crippen LogP) is 3.36.